The summed E-state index contributed by atoms with van der Waals surface area (Å²) in [6, 6.07) is 0. The zero-order valence-electron chi connectivity index (χ0n) is 19.9. The van der Waals surface area contributed by atoms with Crippen molar-refractivity contribution in [3.05, 3.63) is 32.6 Å². The lowest BCUT2D eigenvalue weighted by Gasteiger charge is -2.26. The van der Waals surface area contributed by atoms with E-state index in [2.05, 4.69) is 4.98 Å². The van der Waals surface area contributed by atoms with E-state index in [1.807, 2.05) is 0 Å². The molecule has 1 aliphatic heterocycles. The minimum Gasteiger partial charge on any atom is -0.459 e. The maximum absolute atomic E-state index is 12.9. The van der Waals surface area contributed by atoms with Gasteiger partial charge >= 0.3 is 23.7 Å². The van der Waals surface area contributed by atoms with Crippen molar-refractivity contribution in [2.24, 2.45) is 0 Å². The first-order valence-electron chi connectivity index (χ1n) is 10.9. The van der Waals surface area contributed by atoms with Crippen molar-refractivity contribution in [3.63, 3.8) is 0 Å². The van der Waals surface area contributed by atoms with Crippen LogP contribution in [0.25, 0.3) is 0 Å². The number of carbonyl (C=O) groups excluding carboxylic acids is 2. The summed E-state index contributed by atoms with van der Waals surface area (Å²) in [7, 11) is 0. The van der Waals surface area contributed by atoms with Crippen molar-refractivity contribution in [1.82, 2.24) is 14.5 Å². The molecular formula is C21H30F3N3O8. The number of aryl methyl sites for hydroxylation is 1. The number of esters is 1. The second-order valence-corrected chi connectivity index (χ2v) is 9.15. The highest BCUT2D eigenvalue weighted by molar-refractivity contribution is 5.85. The molecule has 1 saturated heterocycles. The van der Waals surface area contributed by atoms with Gasteiger partial charge in [0, 0.05) is 31.3 Å². The molecule has 14 heteroatoms. The lowest BCUT2D eigenvalue weighted by molar-refractivity contribution is -0.188. The molecule has 1 aromatic heterocycles. The molecule has 2 N–H and O–H groups in total. The number of alkyl halides is 3. The number of amides is 1. The van der Waals surface area contributed by atoms with Gasteiger partial charge in [-0.3, -0.25) is 23.9 Å². The van der Waals surface area contributed by atoms with E-state index in [0.29, 0.717) is 4.90 Å². The topological polar surface area (TPSA) is 140 Å². The highest BCUT2D eigenvalue weighted by Gasteiger charge is 2.43. The summed E-state index contributed by atoms with van der Waals surface area (Å²) in [5, 5.41) is 10.2. The average Bonchev–Trinajstić information content (AvgIpc) is 3.07. The number of aromatic amines is 1. The molecule has 2 rings (SSSR count). The van der Waals surface area contributed by atoms with Crippen LogP contribution in [0.3, 0.4) is 0 Å². The van der Waals surface area contributed by atoms with E-state index in [0.717, 1.165) is 4.57 Å². The van der Waals surface area contributed by atoms with Gasteiger partial charge in [0.2, 0.25) is 0 Å². The number of ether oxygens (including phenoxy) is 3. The number of aliphatic hydroxyl groups is 1. The molecule has 198 valence electrons. The van der Waals surface area contributed by atoms with Crippen LogP contribution in [0, 0.1) is 6.92 Å². The number of halogens is 3. The van der Waals surface area contributed by atoms with Crippen molar-refractivity contribution in [2.75, 3.05) is 26.3 Å². The number of aromatic nitrogens is 2. The van der Waals surface area contributed by atoms with E-state index in [4.69, 9.17) is 14.2 Å². The van der Waals surface area contributed by atoms with Gasteiger partial charge in [0.1, 0.15) is 24.5 Å². The van der Waals surface area contributed by atoms with Crippen LogP contribution in [0.15, 0.2) is 15.8 Å². The van der Waals surface area contributed by atoms with Crippen LogP contribution in [0.4, 0.5) is 13.2 Å². The summed E-state index contributed by atoms with van der Waals surface area (Å²) in [6.45, 7) is 4.65. The summed E-state index contributed by atoms with van der Waals surface area (Å²) >= 11 is 0. The molecule has 0 aliphatic carbocycles. The SMILES string of the molecule is Cc1cn([C@H]2C[C@H](O)[C@@H](COCCCN(CC(=O)OC(C)(C)C)C(=O)C(F)(F)F)O2)c(=O)[nH]c1=O. The lowest BCUT2D eigenvalue weighted by Crippen LogP contribution is -2.45. The van der Waals surface area contributed by atoms with Crippen molar-refractivity contribution in [2.45, 2.75) is 70.7 Å². The van der Waals surface area contributed by atoms with Gasteiger partial charge in [-0.2, -0.15) is 13.2 Å². The molecule has 0 bridgehead atoms. The zero-order chi connectivity index (χ0) is 26.6. The van der Waals surface area contributed by atoms with Crippen LogP contribution in [-0.4, -0.2) is 81.7 Å². The Kier molecular flexibility index (Phi) is 9.25. The predicted molar refractivity (Wildman–Crippen MR) is 115 cm³/mol. The maximum Gasteiger partial charge on any atom is 0.471 e. The minimum atomic E-state index is -5.15. The second kappa shape index (κ2) is 11.4. The summed E-state index contributed by atoms with van der Waals surface area (Å²) in [5.74, 6) is -3.14. The first-order valence-corrected chi connectivity index (χ1v) is 10.9. The third-order valence-corrected chi connectivity index (χ3v) is 4.93. The molecule has 1 aromatic rings. The Bertz CT molecular complexity index is 1010. The van der Waals surface area contributed by atoms with Gasteiger partial charge in [0.05, 0.1) is 12.7 Å². The third kappa shape index (κ3) is 8.47. The normalized spacial score (nSPS) is 20.6. The van der Waals surface area contributed by atoms with Gasteiger partial charge in [0.25, 0.3) is 5.56 Å². The number of hydrogen-bond acceptors (Lipinski definition) is 8. The Labute approximate surface area is 198 Å². The van der Waals surface area contributed by atoms with Crippen LogP contribution >= 0.6 is 0 Å². The van der Waals surface area contributed by atoms with E-state index < -0.39 is 66.4 Å². The highest BCUT2D eigenvalue weighted by Crippen LogP contribution is 2.28. The molecule has 0 radical (unpaired) electrons. The standard InChI is InChI=1S/C21H30F3N3O8/c1-12-9-27(19(32)25-17(12)30)15-8-13(28)14(34-15)11-33-7-5-6-26(18(31)21(22,23)24)10-16(29)35-20(2,3)4/h9,13-15,28H,5-8,10-11H2,1-4H3,(H,25,30,32)/t13-,14+,15+/m0/s1. The van der Waals surface area contributed by atoms with Gasteiger partial charge in [0.15, 0.2) is 0 Å². The fourth-order valence-electron chi connectivity index (χ4n) is 3.35. The third-order valence-electron chi connectivity index (χ3n) is 4.93. The monoisotopic (exact) mass is 509 g/mol. The Balaban J connectivity index is 1.87. The van der Waals surface area contributed by atoms with E-state index >= 15 is 0 Å². The molecule has 0 aromatic carbocycles. The van der Waals surface area contributed by atoms with Crippen LogP contribution < -0.4 is 11.2 Å². The van der Waals surface area contributed by atoms with Gasteiger partial charge in [-0.15, -0.1) is 0 Å². The highest BCUT2D eigenvalue weighted by atomic mass is 19.4. The van der Waals surface area contributed by atoms with Crippen LogP contribution in [0.2, 0.25) is 0 Å². The summed E-state index contributed by atoms with van der Waals surface area (Å²) < 4.78 is 55.9. The number of nitrogens with one attached hydrogen (secondary N) is 1. The molecule has 2 heterocycles. The quantitative estimate of drug-likeness (QED) is 0.365. The number of carbonyl (C=O) groups is 2. The Morgan fingerprint density at radius 3 is 2.54 bits per heavy atom. The first-order chi connectivity index (χ1) is 16.1. The molecule has 1 amide bonds. The predicted octanol–water partition coefficient (Wildman–Crippen LogP) is 0.633. The van der Waals surface area contributed by atoms with E-state index in [1.165, 1.54) is 13.1 Å². The van der Waals surface area contributed by atoms with Crippen LogP contribution in [0.1, 0.15) is 45.4 Å². The molecule has 0 spiro atoms. The fraction of sp³-hybridized carbons (Fsp3) is 0.714. The Hall–Kier alpha value is -2.71. The van der Waals surface area contributed by atoms with Crippen molar-refractivity contribution >= 4 is 11.9 Å². The molecular weight excluding hydrogens is 479 g/mol. The first kappa shape index (κ1) is 28.5. The smallest absolute Gasteiger partial charge is 0.459 e. The summed E-state index contributed by atoms with van der Waals surface area (Å²) in [6.07, 6.45) is -6.46. The van der Waals surface area contributed by atoms with Crippen LogP contribution in [0.5, 0.6) is 0 Å². The Morgan fingerprint density at radius 1 is 1.29 bits per heavy atom. The molecule has 1 fully saturated rings. The van der Waals surface area contributed by atoms with Gasteiger partial charge in [-0.25, -0.2) is 4.79 Å². The molecule has 3 atom stereocenters. The fourth-order valence-corrected chi connectivity index (χ4v) is 3.35. The average molecular weight is 509 g/mol. The molecule has 35 heavy (non-hydrogen) atoms. The van der Waals surface area contributed by atoms with E-state index in [9.17, 15) is 37.5 Å². The number of rotatable bonds is 9. The van der Waals surface area contributed by atoms with E-state index in [-0.39, 0.29) is 31.6 Å². The second-order valence-electron chi connectivity index (χ2n) is 9.15. The number of nitrogens with zero attached hydrogens (tertiary/aromatic N) is 2. The van der Waals surface area contributed by atoms with Crippen molar-refractivity contribution in [3.8, 4) is 0 Å². The molecule has 0 saturated carbocycles. The van der Waals surface area contributed by atoms with Crippen molar-refractivity contribution in [1.29, 1.82) is 0 Å². The number of aliphatic hydroxyl groups excluding tert-OH is 1. The van der Waals surface area contributed by atoms with Crippen molar-refractivity contribution < 1.29 is 42.1 Å². The summed E-state index contributed by atoms with van der Waals surface area (Å²) in [4.78, 5) is 49.6. The minimum absolute atomic E-state index is 0.0323. The summed E-state index contributed by atoms with van der Waals surface area (Å²) in [5.41, 5.74) is -1.87. The zero-order valence-corrected chi connectivity index (χ0v) is 19.9. The molecule has 0 unspecified atom stereocenters. The number of hydrogen-bond donors (Lipinski definition) is 2. The Morgan fingerprint density at radius 2 is 1.94 bits per heavy atom. The van der Waals surface area contributed by atoms with E-state index in [1.54, 1.807) is 20.8 Å². The lowest BCUT2D eigenvalue weighted by atomic mass is 10.2. The van der Waals surface area contributed by atoms with Gasteiger partial charge in [-0.05, 0) is 34.1 Å². The molecule has 1 aliphatic rings. The maximum atomic E-state index is 12.9. The number of H-pyrrole nitrogens is 1. The van der Waals surface area contributed by atoms with Crippen LogP contribution in [-0.2, 0) is 23.8 Å². The van der Waals surface area contributed by atoms with Gasteiger partial charge < -0.3 is 24.2 Å². The largest absolute Gasteiger partial charge is 0.471 e. The van der Waals surface area contributed by atoms with Gasteiger partial charge in [-0.1, -0.05) is 0 Å². The molecule has 11 nitrogen and oxygen atoms in total.